The van der Waals surface area contributed by atoms with Crippen molar-refractivity contribution in [3.05, 3.63) is 0 Å². The van der Waals surface area contributed by atoms with Gasteiger partial charge in [-0.25, -0.2) is 9.59 Å². The van der Waals surface area contributed by atoms with E-state index in [1.807, 2.05) is 6.26 Å². The van der Waals surface area contributed by atoms with Crippen molar-refractivity contribution < 1.29 is 14.7 Å². The summed E-state index contributed by atoms with van der Waals surface area (Å²) in [5.41, 5.74) is 0. The van der Waals surface area contributed by atoms with Crippen molar-refractivity contribution in [2.24, 2.45) is 5.92 Å². The van der Waals surface area contributed by atoms with Crippen molar-refractivity contribution in [1.29, 1.82) is 0 Å². The highest BCUT2D eigenvalue weighted by Gasteiger charge is 2.20. The van der Waals surface area contributed by atoms with Crippen LogP contribution in [0.1, 0.15) is 25.7 Å². The zero-order valence-corrected chi connectivity index (χ0v) is 13.7. The third kappa shape index (κ3) is 7.57. The fraction of sp³-hybridized carbons (Fsp3) is 0.857. The summed E-state index contributed by atoms with van der Waals surface area (Å²) in [5.74, 6) is 0.398. The SMILES string of the molecule is CSCCC(NC(=O)NCCC1CCN(C)CC1)C(=O)O. The second-order valence-corrected chi connectivity index (χ2v) is 6.59. The monoisotopic (exact) mass is 317 g/mol. The highest BCUT2D eigenvalue weighted by molar-refractivity contribution is 7.98. The first-order valence-corrected chi connectivity index (χ1v) is 8.87. The molecule has 2 amide bonds. The molecular weight excluding hydrogens is 290 g/mol. The number of carboxylic acid groups (broad SMARTS) is 1. The summed E-state index contributed by atoms with van der Waals surface area (Å²) in [5, 5.41) is 14.3. The van der Waals surface area contributed by atoms with Crippen LogP contribution in [0, 0.1) is 5.92 Å². The summed E-state index contributed by atoms with van der Waals surface area (Å²) in [6.45, 7) is 2.84. The van der Waals surface area contributed by atoms with Gasteiger partial charge in [0.15, 0.2) is 0 Å². The molecule has 1 fully saturated rings. The Balaban J connectivity index is 2.18. The summed E-state index contributed by atoms with van der Waals surface area (Å²) < 4.78 is 0. The van der Waals surface area contributed by atoms with Gasteiger partial charge in [0.25, 0.3) is 0 Å². The second-order valence-electron chi connectivity index (χ2n) is 5.61. The maximum Gasteiger partial charge on any atom is 0.326 e. The molecule has 7 heteroatoms. The molecule has 1 atom stereocenters. The van der Waals surface area contributed by atoms with Crippen molar-refractivity contribution in [3.63, 3.8) is 0 Å². The lowest BCUT2D eigenvalue weighted by Gasteiger charge is -2.28. The van der Waals surface area contributed by atoms with E-state index in [4.69, 9.17) is 5.11 Å². The van der Waals surface area contributed by atoms with Gasteiger partial charge >= 0.3 is 12.0 Å². The zero-order chi connectivity index (χ0) is 15.7. The molecule has 0 saturated carbocycles. The minimum Gasteiger partial charge on any atom is -0.480 e. The van der Waals surface area contributed by atoms with Crippen LogP contribution in [-0.2, 0) is 4.79 Å². The number of urea groups is 1. The van der Waals surface area contributed by atoms with Crippen LogP contribution in [0.2, 0.25) is 0 Å². The van der Waals surface area contributed by atoms with Crippen LogP contribution in [0.3, 0.4) is 0 Å². The number of rotatable bonds is 8. The largest absolute Gasteiger partial charge is 0.480 e. The minimum atomic E-state index is -0.977. The van der Waals surface area contributed by atoms with Crippen molar-refractivity contribution >= 4 is 23.8 Å². The van der Waals surface area contributed by atoms with Crippen LogP contribution in [0.4, 0.5) is 4.79 Å². The van der Waals surface area contributed by atoms with Crippen LogP contribution in [0.15, 0.2) is 0 Å². The molecule has 1 aliphatic heterocycles. The van der Waals surface area contributed by atoms with E-state index in [2.05, 4.69) is 22.6 Å². The number of nitrogens with zero attached hydrogens (tertiary/aromatic N) is 1. The molecule has 122 valence electrons. The van der Waals surface area contributed by atoms with E-state index in [0.717, 1.165) is 19.5 Å². The van der Waals surface area contributed by atoms with Gasteiger partial charge in [-0.1, -0.05) is 0 Å². The van der Waals surface area contributed by atoms with Crippen molar-refractivity contribution in [3.8, 4) is 0 Å². The van der Waals surface area contributed by atoms with Gasteiger partial charge in [-0.3, -0.25) is 0 Å². The molecular formula is C14H27N3O3S. The second kappa shape index (κ2) is 9.89. The number of amides is 2. The van der Waals surface area contributed by atoms with E-state index in [1.54, 1.807) is 11.8 Å². The first-order valence-electron chi connectivity index (χ1n) is 7.47. The quantitative estimate of drug-likeness (QED) is 0.627. The maximum atomic E-state index is 11.7. The van der Waals surface area contributed by atoms with Gasteiger partial charge in [-0.2, -0.15) is 11.8 Å². The summed E-state index contributed by atoms with van der Waals surface area (Å²) in [6.07, 6.45) is 5.67. The molecule has 0 aromatic carbocycles. The van der Waals surface area contributed by atoms with Gasteiger partial charge in [0, 0.05) is 6.54 Å². The molecule has 1 aliphatic rings. The summed E-state index contributed by atoms with van der Waals surface area (Å²) in [6, 6.07) is -1.18. The Bertz CT molecular complexity index is 333. The molecule has 21 heavy (non-hydrogen) atoms. The van der Waals surface area contributed by atoms with E-state index >= 15 is 0 Å². The Morgan fingerprint density at radius 1 is 1.38 bits per heavy atom. The summed E-state index contributed by atoms with van der Waals surface area (Å²) in [4.78, 5) is 25.1. The van der Waals surface area contributed by atoms with Gasteiger partial charge in [-0.05, 0) is 63.7 Å². The molecule has 0 radical (unpaired) electrons. The number of likely N-dealkylation sites (tertiary alicyclic amines) is 1. The molecule has 1 saturated heterocycles. The molecule has 6 nitrogen and oxygen atoms in total. The highest BCUT2D eigenvalue weighted by atomic mass is 32.2. The van der Waals surface area contributed by atoms with Gasteiger partial charge in [0.05, 0.1) is 0 Å². The van der Waals surface area contributed by atoms with Crippen molar-refractivity contribution in [1.82, 2.24) is 15.5 Å². The van der Waals surface area contributed by atoms with E-state index in [-0.39, 0.29) is 6.03 Å². The number of nitrogens with one attached hydrogen (secondary N) is 2. The van der Waals surface area contributed by atoms with Crippen molar-refractivity contribution in [2.75, 3.05) is 38.7 Å². The normalized spacial score (nSPS) is 18.2. The molecule has 0 aromatic rings. The van der Waals surface area contributed by atoms with Gasteiger partial charge in [-0.15, -0.1) is 0 Å². The number of carboxylic acids is 1. The Labute approximate surface area is 131 Å². The Hall–Kier alpha value is -0.950. The van der Waals surface area contributed by atoms with Crippen LogP contribution in [0.25, 0.3) is 0 Å². The fourth-order valence-corrected chi connectivity index (χ4v) is 2.91. The number of carbonyl (C=O) groups is 2. The molecule has 0 aromatic heterocycles. The first-order chi connectivity index (χ1) is 10.0. The average molecular weight is 317 g/mol. The molecule has 3 N–H and O–H groups in total. The number of hydrogen-bond acceptors (Lipinski definition) is 4. The summed E-state index contributed by atoms with van der Waals surface area (Å²) in [7, 11) is 2.13. The standard InChI is InChI=1S/C14H27N3O3S/c1-17-8-4-11(5-9-17)3-7-15-14(20)16-12(13(18)19)6-10-21-2/h11-12H,3-10H2,1-2H3,(H,18,19)(H2,15,16,20). The summed E-state index contributed by atoms with van der Waals surface area (Å²) >= 11 is 1.57. The topological polar surface area (TPSA) is 81.7 Å². The number of aliphatic carboxylic acids is 1. The molecule has 0 bridgehead atoms. The van der Waals surface area contributed by atoms with Crippen LogP contribution in [0.5, 0.6) is 0 Å². The Kier molecular flexibility index (Phi) is 8.52. The van der Waals surface area contributed by atoms with Gasteiger partial charge in [0.1, 0.15) is 6.04 Å². The molecule has 0 aliphatic carbocycles. The molecule has 0 spiro atoms. The smallest absolute Gasteiger partial charge is 0.326 e. The lowest BCUT2D eigenvalue weighted by Crippen LogP contribution is -2.46. The minimum absolute atomic E-state index is 0.378. The third-order valence-corrected chi connectivity index (χ3v) is 4.53. The van der Waals surface area contributed by atoms with E-state index in [0.29, 0.717) is 24.6 Å². The number of carbonyl (C=O) groups excluding carboxylic acids is 1. The van der Waals surface area contributed by atoms with E-state index in [1.165, 1.54) is 12.8 Å². The predicted octanol–water partition coefficient (Wildman–Crippen LogP) is 1.22. The fourth-order valence-electron chi connectivity index (χ4n) is 2.44. The molecule has 1 heterocycles. The highest BCUT2D eigenvalue weighted by Crippen LogP contribution is 2.18. The lowest BCUT2D eigenvalue weighted by molar-refractivity contribution is -0.139. The van der Waals surface area contributed by atoms with Crippen molar-refractivity contribution in [2.45, 2.75) is 31.7 Å². The zero-order valence-electron chi connectivity index (χ0n) is 12.9. The predicted molar refractivity (Wildman–Crippen MR) is 85.8 cm³/mol. The number of piperidine rings is 1. The number of thioether (sulfide) groups is 1. The average Bonchev–Trinajstić information content (AvgIpc) is 2.45. The lowest BCUT2D eigenvalue weighted by atomic mass is 9.94. The third-order valence-electron chi connectivity index (χ3n) is 3.89. The molecule has 1 unspecified atom stereocenters. The van der Waals surface area contributed by atoms with Gasteiger partial charge in [0.2, 0.25) is 0 Å². The Morgan fingerprint density at radius 3 is 2.62 bits per heavy atom. The van der Waals surface area contributed by atoms with E-state index < -0.39 is 12.0 Å². The molecule has 1 rings (SSSR count). The van der Waals surface area contributed by atoms with Crippen LogP contribution < -0.4 is 10.6 Å². The van der Waals surface area contributed by atoms with Crippen LogP contribution in [-0.4, -0.2) is 66.7 Å². The first kappa shape index (κ1) is 18.1. The van der Waals surface area contributed by atoms with E-state index in [9.17, 15) is 9.59 Å². The van der Waals surface area contributed by atoms with Gasteiger partial charge < -0.3 is 20.6 Å². The Morgan fingerprint density at radius 2 is 2.05 bits per heavy atom. The maximum absolute atomic E-state index is 11.7. The van der Waals surface area contributed by atoms with Crippen LogP contribution >= 0.6 is 11.8 Å². The number of hydrogen-bond donors (Lipinski definition) is 3.